The Morgan fingerprint density at radius 2 is 1.90 bits per heavy atom. The summed E-state index contributed by atoms with van der Waals surface area (Å²) in [4.78, 5) is 12.9. The summed E-state index contributed by atoms with van der Waals surface area (Å²) in [7, 11) is 0. The van der Waals surface area contributed by atoms with E-state index in [2.05, 4.69) is 21.2 Å². The number of nitrogens with two attached hydrogens (primary N) is 1. The summed E-state index contributed by atoms with van der Waals surface area (Å²) < 4.78 is 1.97. The number of hydrogen-bond donors (Lipinski definition) is 2. The molecule has 1 amide bonds. The van der Waals surface area contributed by atoms with Crippen molar-refractivity contribution in [1.29, 1.82) is 0 Å². The van der Waals surface area contributed by atoms with Crippen LogP contribution in [0.3, 0.4) is 0 Å². The Morgan fingerprint density at radius 3 is 2.62 bits per heavy atom. The first-order chi connectivity index (χ1) is 10.0. The number of fused-ring (bicyclic) bond motifs is 1. The van der Waals surface area contributed by atoms with Gasteiger partial charge in [-0.2, -0.15) is 0 Å². The number of thiophene rings is 1. The number of carbonyl (C=O) groups excluding carboxylic acids is 1. The average molecular weight is 361 g/mol. The molecule has 0 unspecified atom stereocenters. The zero-order valence-corrected chi connectivity index (χ0v) is 13.7. The monoisotopic (exact) mass is 360 g/mol. The number of anilines is 2. The molecule has 21 heavy (non-hydrogen) atoms. The van der Waals surface area contributed by atoms with Crippen molar-refractivity contribution >= 4 is 54.6 Å². The largest absolute Gasteiger partial charge is 0.397 e. The second-order valence-electron chi connectivity index (χ2n) is 4.81. The summed E-state index contributed by atoms with van der Waals surface area (Å²) >= 11 is 4.83. The summed E-state index contributed by atoms with van der Waals surface area (Å²) in [5, 5.41) is 3.80. The van der Waals surface area contributed by atoms with E-state index in [1.165, 1.54) is 11.3 Å². The quantitative estimate of drug-likeness (QED) is 0.688. The highest BCUT2D eigenvalue weighted by atomic mass is 79.9. The van der Waals surface area contributed by atoms with E-state index < -0.39 is 0 Å². The van der Waals surface area contributed by atoms with Gasteiger partial charge in [-0.05, 0) is 31.2 Å². The van der Waals surface area contributed by atoms with E-state index in [4.69, 9.17) is 5.73 Å². The first-order valence-corrected chi connectivity index (χ1v) is 8.01. The predicted molar refractivity (Wildman–Crippen MR) is 93.1 cm³/mol. The molecular formula is C16H13BrN2OS. The van der Waals surface area contributed by atoms with Crippen LogP contribution in [0.5, 0.6) is 0 Å². The normalized spacial score (nSPS) is 10.8. The van der Waals surface area contributed by atoms with Gasteiger partial charge < -0.3 is 11.1 Å². The van der Waals surface area contributed by atoms with Gasteiger partial charge in [0.2, 0.25) is 0 Å². The maximum atomic E-state index is 12.4. The molecule has 0 bridgehead atoms. The molecule has 0 radical (unpaired) electrons. The summed E-state index contributed by atoms with van der Waals surface area (Å²) in [6, 6.07) is 13.5. The molecule has 3 aromatic rings. The van der Waals surface area contributed by atoms with Crippen molar-refractivity contribution in [3.63, 3.8) is 0 Å². The second-order valence-corrected chi connectivity index (χ2v) is 6.77. The van der Waals surface area contributed by atoms with Gasteiger partial charge in [-0.3, -0.25) is 4.79 Å². The molecule has 0 aliphatic rings. The van der Waals surface area contributed by atoms with Gasteiger partial charge in [0.05, 0.1) is 5.69 Å². The highest BCUT2D eigenvalue weighted by Crippen LogP contribution is 2.35. The highest BCUT2D eigenvalue weighted by molar-refractivity contribution is 9.10. The number of amides is 1. The van der Waals surface area contributed by atoms with Gasteiger partial charge in [0.25, 0.3) is 5.91 Å². The van der Waals surface area contributed by atoms with E-state index in [0.29, 0.717) is 10.6 Å². The summed E-state index contributed by atoms with van der Waals surface area (Å²) in [5.41, 5.74) is 8.56. The van der Waals surface area contributed by atoms with E-state index in [9.17, 15) is 4.79 Å². The topological polar surface area (TPSA) is 55.1 Å². The third kappa shape index (κ3) is 2.80. The van der Waals surface area contributed by atoms with Crippen molar-refractivity contribution in [3.8, 4) is 0 Å². The lowest BCUT2D eigenvalue weighted by Gasteiger charge is -2.04. The molecule has 2 aromatic carbocycles. The molecule has 0 aliphatic heterocycles. The number of hydrogen-bond acceptors (Lipinski definition) is 3. The summed E-state index contributed by atoms with van der Waals surface area (Å²) in [6.07, 6.45) is 0. The average Bonchev–Trinajstić information content (AvgIpc) is 2.78. The van der Waals surface area contributed by atoms with Crippen molar-refractivity contribution in [2.45, 2.75) is 6.92 Å². The molecule has 3 rings (SSSR count). The lowest BCUT2D eigenvalue weighted by atomic mass is 10.2. The molecule has 0 aliphatic carbocycles. The smallest absolute Gasteiger partial charge is 0.267 e. The minimum absolute atomic E-state index is 0.173. The van der Waals surface area contributed by atoms with Crippen LogP contribution < -0.4 is 11.1 Å². The Hall–Kier alpha value is -1.85. The van der Waals surface area contributed by atoms with Crippen LogP contribution in [0.2, 0.25) is 0 Å². The molecule has 0 saturated carbocycles. The maximum Gasteiger partial charge on any atom is 0.267 e. The number of benzene rings is 2. The molecular weight excluding hydrogens is 348 g/mol. The van der Waals surface area contributed by atoms with Crippen LogP contribution in [-0.2, 0) is 0 Å². The van der Waals surface area contributed by atoms with Crippen LogP contribution in [0.1, 0.15) is 15.2 Å². The molecule has 1 heterocycles. The number of carbonyl (C=O) groups is 1. The van der Waals surface area contributed by atoms with Crippen molar-refractivity contribution in [2.24, 2.45) is 0 Å². The molecule has 0 atom stereocenters. The van der Waals surface area contributed by atoms with E-state index in [1.807, 2.05) is 49.4 Å². The first-order valence-electron chi connectivity index (χ1n) is 6.40. The van der Waals surface area contributed by atoms with Crippen LogP contribution in [0.4, 0.5) is 11.4 Å². The second kappa shape index (κ2) is 5.50. The number of aryl methyl sites for hydroxylation is 1. The Bertz CT molecular complexity index is 824. The number of rotatable bonds is 2. The fourth-order valence-corrected chi connectivity index (χ4v) is 3.65. The minimum atomic E-state index is -0.173. The zero-order valence-electron chi connectivity index (χ0n) is 11.3. The van der Waals surface area contributed by atoms with Crippen LogP contribution in [0, 0.1) is 6.92 Å². The molecule has 3 N–H and O–H groups in total. The van der Waals surface area contributed by atoms with Gasteiger partial charge >= 0.3 is 0 Å². The van der Waals surface area contributed by atoms with Gasteiger partial charge in [-0.25, -0.2) is 0 Å². The predicted octanol–water partition coefficient (Wildman–Crippen LogP) is 4.81. The molecule has 1 aromatic heterocycles. The van der Waals surface area contributed by atoms with Crippen LogP contribution in [-0.4, -0.2) is 5.91 Å². The number of halogens is 1. The summed E-state index contributed by atoms with van der Waals surface area (Å²) in [5.74, 6) is -0.173. The van der Waals surface area contributed by atoms with E-state index in [0.717, 1.165) is 25.8 Å². The SMILES string of the molecule is Cc1ccc(NC(=O)c2sc3cc(Br)ccc3c2N)cc1. The zero-order chi connectivity index (χ0) is 15.0. The minimum Gasteiger partial charge on any atom is -0.397 e. The molecule has 106 valence electrons. The lowest BCUT2D eigenvalue weighted by molar-refractivity contribution is 0.103. The highest BCUT2D eigenvalue weighted by Gasteiger charge is 2.16. The van der Waals surface area contributed by atoms with Gasteiger partial charge in [-0.1, -0.05) is 39.7 Å². The van der Waals surface area contributed by atoms with Crippen molar-refractivity contribution in [1.82, 2.24) is 0 Å². The molecule has 0 spiro atoms. The van der Waals surface area contributed by atoms with Gasteiger partial charge in [-0.15, -0.1) is 11.3 Å². The molecule has 3 nitrogen and oxygen atoms in total. The van der Waals surface area contributed by atoms with Crippen molar-refractivity contribution in [3.05, 3.63) is 57.4 Å². The maximum absolute atomic E-state index is 12.4. The van der Waals surface area contributed by atoms with Crippen LogP contribution in [0.25, 0.3) is 10.1 Å². The molecule has 0 saturated heterocycles. The summed E-state index contributed by atoms with van der Waals surface area (Å²) in [6.45, 7) is 2.01. The van der Waals surface area contributed by atoms with E-state index in [1.54, 1.807) is 0 Å². The molecule has 5 heteroatoms. The molecule has 0 fully saturated rings. The third-order valence-corrected chi connectivity index (χ3v) is 4.87. The van der Waals surface area contributed by atoms with Gasteiger partial charge in [0, 0.05) is 20.2 Å². The fourth-order valence-electron chi connectivity index (χ4n) is 2.08. The van der Waals surface area contributed by atoms with Crippen molar-refractivity contribution in [2.75, 3.05) is 11.1 Å². The van der Waals surface area contributed by atoms with E-state index >= 15 is 0 Å². The first kappa shape index (κ1) is 14.1. The number of nitrogen functional groups attached to an aromatic ring is 1. The van der Waals surface area contributed by atoms with Gasteiger partial charge in [0.1, 0.15) is 4.88 Å². The Balaban J connectivity index is 1.94. The van der Waals surface area contributed by atoms with Crippen LogP contribution in [0.15, 0.2) is 46.9 Å². The Labute approximate surface area is 134 Å². The Kier molecular flexibility index (Phi) is 3.69. The Morgan fingerprint density at radius 1 is 1.19 bits per heavy atom. The van der Waals surface area contributed by atoms with Gasteiger partial charge in [0.15, 0.2) is 0 Å². The van der Waals surface area contributed by atoms with Crippen LogP contribution >= 0.6 is 27.3 Å². The van der Waals surface area contributed by atoms with E-state index in [-0.39, 0.29) is 5.91 Å². The third-order valence-electron chi connectivity index (χ3n) is 3.21. The standard InChI is InChI=1S/C16H13BrN2OS/c1-9-2-5-11(6-3-9)19-16(20)15-14(18)12-7-4-10(17)8-13(12)21-15/h2-8H,18H2,1H3,(H,19,20). The number of nitrogens with one attached hydrogen (secondary N) is 1. The van der Waals surface area contributed by atoms with Crippen molar-refractivity contribution < 1.29 is 4.79 Å². The lowest BCUT2D eigenvalue weighted by Crippen LogP contribution is -2.11. The fraction of sp³-hybridized carbons (Fsp3) is 0.0625.